The Hall–Kier alpha value is -1.98. The summed E-state index contributed by atoms with van der Waals surface area (Å²) in [5.41, 5.74) is 1.25. The molecule has 0 unspecified atom stereocenters. The van der Waals surface area contributed by atoms with Gasteiger partial charge in [-0.2, -0.15) is 0 Å². The molecule has 0 amide bonds. The molecule has 1 N–H and O–H groups in total. The fourth-order valence-corrected chi connectivity index (χ4v) is 2.41. The van der Waals surface area contributed by atoms with Gasteiger partial charge in [0, 0.05) is 9.79 Å². The third-order valence-corrected chi connectivity index (χ3v) is 3.47. The largest absolute Gasteiger partial charge is 0.300 e. The number of nitrogens with one attached hydrogen (secondary N) is 1. The van der Waals surface area contributed by atoms with Crippen molar-refractivity contribution >= 4 is 11.8 Å². The summed E-state index contributed by atoms with van der Waals surface area (Å²) in [5.74, 6) is 0. The van der Waals surface area contributed by atoms with Crippen LogP contribution >= 0.6 is 11.8 Å². The zero-order chi connectivity index (χ0) is 12.6. The first-order chi connectivity index (χ1) is 8.88. The Balaban J connectivity index is 2.00. The van der Waals surface area contributed by atoms with Crippen LogP contribution in [0.5, 0.6) is 0 Å². The van der Waals surface area contributed by atoms with Crippen LogP contribution in [0.1, 0.15) is 5.56 Å². The van der Waals surface area contributed by atoms with Gasteiger partial charge in [0.15, 0.2) is 0 Å². The SMILES string of the molecule is [NH+]#C/C=C/Cc1ccc(Sc2ccccc2)cc1. The molecular formula is C16H14NS+. The van der Waals surface area contributed by atoms with Crippen LogP contribution in [0.4, 0.5) is 0 Å². The molecule has 2 rings (SSSR count). The average Bonchev–Trinajstić information content (AvgIpc) is 2.42. The molecule has 0 aliphatic heterocycles. The first kappa shape index (κ1) is 12.5. The summed E-state index contributed by atoms with van der Waals surface area (Å²) in [5, 5.41) is 6.79. The Bertz CT molecular complexity index is 550. The maximum atomic E-state index is 6.79. The number of rotatable bonds is 4. The van der Waals surface area contributed by atoms with Gasteiger partial charge in [-0.3, -0.25) is 0 Å². The van der Waals surface area contributed by atoms with E-state index in [1.165, 1.54) is 15.4 Å². The lowest BCUT2D eigenvalue weighted by molar-refractivity contribution is -0.0903. The van der Waals surface area contributed by atoms with E-state index in [2.05, 4.69) is 54.6 Å². The molecule has 0 heterocycles. The quantitative estimate of drug-likeness (QED) is 0.831. The van der Waals surface area contributed by atoms with E-state index >= 15 is 0 Å². The summed E-state index contributed by atoms with van der Waals surface area (Å²) in [7, 11) is 0. The van der Waals surface area contributed by atoms with E-state index in [-0.39, 0.29) is 0 Å². The summed E-state index contributed by atoms with van der Waals surface area (Å²) in [6.07, 6.45) is 4.42. The molecule has 2 aromatic carbocycles. The Morgan fingerprint density at radius 1 is 0.944 bits per heavy atom. The predicted octanol–water partition coefficient (Wildman–Crippen LogP) is 2.71. The van der Waals surface area contributed by atoms with E-state index in [9.17, 15) is 0 Å². The normalized spacial score (nSPS) is 10.4. The smallest absolute Gasteiger partial charge is 0.0965 e. The average molecular weight is 252 g/mol. The van der Waals surface area contributed by atoms with Crippen molar-refractivity contribution < 1.29 is 5.26 Å². The maximum absolute atomic E-state index is 6.79. The zero-order valence-electron chi connectivity index (χ0n) is 9.97. The summed E-state index contributed by atoms with van der Waals surface area (Å²) in [6.45, 7) is 0. The van der Waals surface area contributed by atoms with Crippen molar-refractivity contribution in [3.05, 3.63) is 72.3 Å². The predicted molar refractivity (Wildman–Crippen MR) is 74.7 cm³/mol. The Morgan fingerprint density at radius 2 is 1.61 bits per heavy atom. The minimum absolute atomic E-state index is 0.849. The van der Waals surface area contributed by atoms with E-state index in [1.54, 1.807) is 17.8 Å². The molecule has 0 bridgehead atoms. The first-order valence-corrected chi connectivity index (χ1v) is 6.59. The van der Waals surface area contributed by atoms with E-state index in [4.69, 9.17) is 5.26 Å². The Kier molecular flexibility index (Phi) is 4.63. The van der Waals surface area contributed by atoms with Crippen molar-refractivity contribution in [2.75, 3.05) is 0 Å². The van der Waals surface area contributed by atoms with E-state index in [1.807, 2.05) is 12.1 Å². The van der Waals surface area contributed by atoms with Crippen LogP contribution in [0.2, 0.25) is 0 Å². The molecular weight excluding hydrogens is 238 g/mol. The fourth-order valence-electron chi connectivity index (χ4n) is 1.57. The third-order valence-electron chi connectivity index (χ3n) is 2.46. The molecule has 0 radical (unpaired) electrons. The van der Waals surface area contributed by atoms with Gasteiger partial charge in [-0.15, -0.1) is 0 Å². The van der Waals surface area contributed by atoms with Crippen LogP contribution in [0.15, 0.2) is 76.5 Å². The van der Waals surface area contributed by atoms with Gasteiger partial charge in [0.2, 0.25) is 0 Å². The molecule has 0 aliphatic rings. The lowest BCUT2D eigenvalue weighted by atomic mass is 10.1. The second kappa shape index (κ2) is 6.68. The number of benzene rings is 2. The van der Waals surface area contributed by atoms with Crippen molar-refractivity contribution in [2.45, 2.75) is 16.2 Å². The monoisotopic (exact) mass is 252 g/mol. The lowest BCUT2D eigenvalue weighted by Gasteiger charge is -2.02. The lowest BCUT2D eigenvalue weighted by Crippen LogP contribution is -2.15. The topological polar surface area (TPSA) is 23.8 Å². The van der Waals surface area contributed by atoms with Gasteiger partial charge in [-0.05, 0) is 36.2 Å². The van der Waals surface area contributed by atoms with Gasteiger partial charge in [0.25, 0.3) is 6.07 Å². The second-order valence-corrected chi connectivity index (χ2v) is 4.96. The minimum atomic E-state index is 0.849. The molecule has 0 aliphatic carbocycles. The van der Waals surface area contributed by atoms with Crippen molar-refractivity contribution in [3.63, 3.8) is 0 Å². The van der Waals surface area contributed by atoms with Crippen LogP contribution in [-0.4, -0.2) is 0 Å². The molecule has 0 spiro atoms. The summed E-state index contributed by atoms with van der Waals surface area (Å²) in [4.78, 5) is 2.50. The highest BCUT2D eigenvalue weighted by molar-refractivity contribution is 7.99. The van der Waals surface area contributed by atoms with E-state index in [0.717, 1.165) is 6.42 Å². The van der Waals surface area contributed by atoms with Crippen LogP contribution in [0, 0.1) is 6.07 Å². The summed E-state index contributed by atoms with van der Waals surface area (Å²) < 4.78 is 0. The molecule has 0 saturated carbocycles. The third kappa shape index (κ3) is 3.80. The number of allylic oxidation sites excluding steroid dienone is 2. The second-order valence-electron chi connectivity index (χ2n) is 3.81. The zero-order valence-corrected chi connectivity index (χ0v) is 10.8. The molecule has 0 aromatic heterocycles. The number of hydrogen-bond acceptors (Lipinski definition) is 1. The highest BCUT2D eigenvalue weighted by Crippen LogP contribution is 2.27. The van der Waals surface area contributed by atoms with Crippen molar-refractivity contribution in [1.82, 2.24) is 0 Å². The van der Waals surface area contributed by atoms with Gasteiger partial charge < -0.3 is 0 Å². The Labute approximate surface area is 112 Å². The Morgan fingerprint density at radius 3 is 2.28 bits per heavy atom. The van der Waals surface area contributed by atoms with Crippen LogP contribution in [-0.2, 0) is 6.42 Å². The van der Waals surface area contributed by atoms with E-state index < -0.39 is 0 Å². The summed E-state index contributed by atoms with van der Waals surface area (Å²) >= 11 is 1.76. The molecule has 1 nitrogen and oxygen atoms in total. The van der Waals surface area contributed by atoms with Crippen molar-refractivity contribution in [3.8, 4) is 6.07 Å². The van der Waals surface area contributed by atoms with Gasteiger partial charge in [0.05, 0.1) is 6.08 Å². The van der Waals surface area contributed by atoms with Gasteiger partial charge in [-0.25, -0.2) is 0 Å². The fraction of sp³-hybridized carbons (Fsp3) is 0.0625. The first-order valence-electron chi connectivity index (χ1n) is 5.77. The van der Waals surface area contributed by atoms with Crippen LogP contribution < -0.4 is 5.26 Å². The summed E-state index contributed by atoms with van der Waals surface area (Å²) in [6, 6.07) is 21.1. The molecule has 2 heteroatoms. The molecule has 0 fully saturated rings. The van der Waals surface area contributed by atoms with Crippen LogP contribution in [0.25, 0.3) is 0 Å². The highest BCUT2D eigenvalue weighted by Gasteiger charge is 1.96. The molecule has 0 atom stereocenters. The highest BCUT2D eigenvalue weighted by atomic mass is 32.2. The molecule has 2 aromatic rings. The molecule has 18 heavy (non-hydrogen) atoms. The van der Waals surface area contributed by atoms with Crippen molar-refractivity contribution in [2.24, 2.45) is 0 Å². The molecule has 0 saturated heterocycles. The maximum Gasteiger partial charge on any atom is 0.300 e. The molecule has 88 valence electrons. The van der Waals surface area contributed by atoms with E-state index in [0.29, 0.717) is 0 Å². The minimum Gasteiger partial charge on any atom is -0.0965 e. The van der Waals surface area contributed by atoms with Crippen molar-refractivity contribution in [1.29, 1.82) is 0 Å². The van der Waals surface area contributed by atoms with Gasteiger partial charge in [0.1, 0.15) is 0 Å². The van der Waals surface area contributed by atoms with Gasteiger partial charge >= 0.3 is 0 Å². The number of hydrogen-bond donors (Lipinski definition) is 1. The standard InChI is InChI=1S/C16H13NS/c17-13-5-4-6-14-9-11-16(12-10-14)18-15-7-2-1-3-8-15/h1-5,7-12H,6H2/p+1/b5-4+. The van der Waals surface area contributed by atoms with Gasteiger partial charge in [-0.1, -0.05) is 53.4 Å². The van der Waals surface area contributed by atoms with Crippen LogP contribution in [0.3, 0.4) is 0 Å².